The van der Waals surface area contributed by atoms with Crippen LogP contribution in [0.15, 0.2) is 121 Å². The summed E-state index contributed by atoms with van der Waals surface area (Å²) in [6.45, 7) is 9.41. The van der Waals surface area contributed by atoms with Gasteiger partial charge in [-0.3, -0.25) is 0 Å². The third kappa shape index (κ3) is 3.29. The molecule has 192 valence electrons. The first kappa shape index (κ1) is 24.6. The van der Waals surface area contributed by atoms with Crippen molar-refractivity contribution in [2.75, 3.05) is 4.90 Å². The zero-order valence-electron chi connectivity index (χ0n) is 22.8. The lowest BCUT2D eigenvalue weighted by molar-refractivity contribution is 0.631. The average Bonchev–Trinajstić information content (AvgIpc) is 2.97. The molecule has 1 nitrogen and oxygen atoms in total. The SMILES string of the molecule is CC1(C)c2ccccc2N(c2cccc3c2P(=S)(c2ccccc2)c2ccccc2C3(C)C)c2ccccc21. The third-order valence-corrected chi connectivity index (χ3v) is 13.9. The van der Waals surface area contributed by atoms with Gasteiger partial charge in [0.05, 0.1) is 17.1 Å². The molecule has 2 aliphatic heterocycles. The van der Waals surface area contributed by atoms with Gasteiger partial charge < -0.3 is 4.90 Å². The average molecular weight is 542 g/mol. The van der Waals surface area contributed by atoms with E-state index in [1.54, 1.807) is 0 Å². The fourth-order valence-corrected chi connectivity index (χ4v) is 11.9. The fourth-order valence-electron chi connectivity index (χ4n) is 6.92. The van der Waals surface area contributed by atoms with Crippen LogP contribution in [0.2, 0.25) is 0 Å². The highest BCUT2D eigenvalue weighted by Gasteiger charge is 2.45. The maximum absolute atomic E-state index is 7.02. The third-order valence-electron chi connectivity index (χ3n) is 8.92. The molecule has 39 heavy (non-hydrogen) atoms. The molecule has 1 unspecified atom stereocenters. The minimum atomic E-state index is -2.39. The summed E-state index contributed by atoms with van der Waals surface area (Å²) in [6, 6.07) is 42.1. The van der Waals surface area contributed by atoms with E-state index >= 15 is 0 Å². The Bertz CT molecular complexity index is 1750. The van der Waals surface area contributed by atoms with Crippen LogP contribution in [-0.4, -0.2) is 0 Å². The lowest BCUT2D eigenvalue weighted by Gasteiger charge is -2.46. The lowest BCUT2D eigenvalue weighted by atomic mass is 9.73. The molecule has 0 radical (unpaired) electrons. The molecule has 0 saturated carbocycles. The van der Waals surface area contributed by atoms with E-state index in [0.717, 1.165) is 0 Å². The zero-order chi connectivity index (χ0) is 27.0. The minimum absolute atomic E-state index is 0.107. The Labute approximate surface area is 237 Å². The van der Waals surface area contributed by atoms with Crippen LogP contribution in [0, 0.1) is 0 Å². The zero-order valence-corrected chi connectivity index (χ0v) is 24.6. The van der Waals surface area contributed by atoms with Crippen molar-refractivity contribution in [2.45, 2.75) is 38.5 Å². The first-order valence-electron chi connectivity index (χ1n) is 13.7. The molecule has 0 aromatic heterocycles. The molecule has 3 heteroatoms. The molecule has 2 heterocycles. The van der Waals surface area contributed by atoms with Crippen LogP contribution in [0.4, 0.5) is 17.1 Å². The molecule has 0 N–H and O–H groups in total. The number of anilines is 3. The molecule has 0 saturated heterocycles. The largest absolute Gasteiger partial charge is 0.309 e. The second kappa shape index (κ2) is 8.52. The standard InChI is InChI=1S/C36H32NPS/c1-35(2)26-17-8-11-21-30(26)37(31-22-12-9-18-27(31)35)32-23-14-20-29-34(32)38(39,25-15-6-5-7-16-25)33-24-13-10-19-28(33)36(29,3)4/h5-24H,1-4H3. The summed E-state index contributed by atoms with van der Waals surface area (Å²) in [5, 5.41) is 3.88. The number of para-hydroxylation sites is 2. The molecule has 7 rings (SSSR count). The van der Waals surface area contributed by atoms with Gasteiger partial charge in [0.15, 0.2) is 0 Å². The summed E-state index contributed by atoms with van der Waals surface area (Å²) in [7, 11) is 0. The molecular formula is C36H32NPS. The van der Waals surface area contributed by atoms with Gasteiger partial charge in [0, 0.05) is 22.2 Å². The summed E-state index contributed by atoms with van der Waals surface area (Å²) >= 11 is 7.02. The molecular weight excluding hydrogens is 509 g/mol. The topological polar surface area (TPSA) is 3.24 Å². The quantitative estimate of drug-likeness (QED) is 0.207. The van der Waals surface area contributed by atoms with E-state index in [4.69, 9.17) is 11.8 Å². The van der Waals surface area contributed by atoms with Gasteiger partial charge in [-0.15, -0.1) is 0 Å². The molecule has 0 aliphatic carbocycles. The van der Waals surface area contributed by atoms with Crippen LogP contribution in [0.1, 0.15) is 49.9 Å². The van der Waals surface area contributed by atoms with Crippen LogP contribution in [-0.2, 0) is 22.6 Å². The normalized spacial score (nSPS) is 19.8. The summed E-state index contributed by atoms with van der Waals surface area (Å²) < 4.78 is 0. The second-order valence-corrected chi connectivity index (χ2v) is 16.1. The minimum Gasteiger partial charge on any atom is -0.309 e. The van der Waals surface area contributed by atoms with Gasteiger partial charge >= 0.3 is 0 Å². The highest BCUT2D eigenvalue weighted by Crippen LogP contribution is 2.58. The monoisotopic (exact) mass is 541 g/mol. The summed E-state index contributed by atoms with van der Waals surface area (Å²) in [4.78, 5) is 2.50. The van der Waals surface area contributed by atoms with Crippen molar-refractivity contribution in [1.29, 1.82) is 0 Å². The Morgan fingerprint density at radius 3 is 1.59 bits per heavy atom. The van der Waals surface area contributed by atoms with Gasteiger partial charge in [0.25, 0.3) is 0 Å². The van der Waals surface area contributed by atoms with Crippen molar-refractivity contribution in [3.8, 4) is 0 Å². The predicted molar refractivity (Wildman–Crippen MR) is 171 cm³/mol. The van der Waals surface area contributed by atoms with Crippen molar-refractivity contribution >= 4 is 50.8 Å². The maximum Gasteiger partial charge on any atom is 0.0555 e. The van der Waals surface area contributed by atoms with Crippen molar-refractivity contribution in [1.82, 2.24) is 0 Å². The van der Waals surface area contributed by atoms with E-state index in [1.165, 1.54) is 55.2 Å². The Morgan fingerprint density at radius 2 is 0.949 bits per heavy atom. The van der Waals surface area contributed by atoms with E-state index in [9.17, 15) is 0 Å². The molecule has 1 atom stereocenters. The Hall–Kier alpha value is -3.45. The Kier molecular flexibility index (Phi) is 5.37. The lowest BCUT2D eigenvalue weighted by Crippen LogP contribution is -2.44. The molecule has 5 aromatic carbocycles. The van der Waals surface area contributed by atoms with Gasteiger partial charge in [-0.05, 0) is 51.1 Å². The number of hydrogen-bond acceptors (Lipinski definition) is 2. The van der Waals surface area contributed by atoms with Crippen LogP contribution in [0.3, 0.4) is 0 Å². The predicted octanol–water partition coefficient (Wildman–Crippen LogP) is 8.19. The van der Waals surface area contributed by atoms with Crippen LogP contribution < -0.4 is 20.8 Å². The van der Waals surface area contributed by atoms with Crippen molar-refractivity contribution < 1.29 is 0 Å². The van der Waals surface area contributed by atoms with E-state index in [1.807, 2.05) is 0 Å². The molecule has 0 amide bonds. The van der Waals surface area contributed by atoms with Crippen molar-refractivity contribution in [2.24, 2.45) is 0 Å². The van der Waals surface area contributed by atoms with E-state index in [-0.39, 0.29) is 10.8 Å². The second-order valence-electron chi connectivity index (χ2n) is 11.8. The summed E-state index contributed by atoms with van der Waals surface area (Å²) in [5.74, 6) is 0. The van der Waals surface area contributed by atoms with Crippen LogP contribution in [0.5, 0.6) is 0 Å². The summed E-state index contributed by atoms with van der Waals surface area (Å²) in [6.07, 6.45) is 0. The van der Waals surface area contributed by atoms with Gasteiger partial charge in [0.1, 0.15) is 0 Å². The smallest absolute Gasteiger partial charge is 0.0555 e. The highest BCUT2D eigenvalue weighted by molar-refractivity contribution is 8.25. The summed E-state index contributed by atoms with van der Waals surface area (Å²) in [5.41, 5.74) is 8.76. The molecule has 0 spiro atoms. The van der Waals surface area contributed by atoms with E-state index in [2.05, 4.69) is 154 Å². The van der Waals surface area contributed by atoms with Gasteiger partial charge in [0.2, 0.25) is 0 Å². The molecule has 5 aromatic rings. The van der Waals surface area contributed by atoms with Crippen LogP contribution in [0.25, 0.3) is 0 Å². The first-order chi connectivity index (χ1) is 18.8. The van der Waals surface area contributed by atoms with Gasteiger partial charge in [-0.2, -0.15) is 0 Å². The van der Waals surface area contributed by atoms with E-state index in [0.29, 0.717) is 0 Å². The van der Waals surface area contributed by atoms with Crippen LogP contribution >= 0.6 is 6.04 Å². The maximum atomic E-state index is 7.02. The number of hydrogen-bond donors (Lipinski definition) is 0. The first-order valence-corrected chi connectivity index (χ1v) is 16.5. The number of benzene rings is 5. The Morgan fingerprint density at radius 1 is 0.487 bits per heavy atom. The number of nitrogens with zero attached hydrogens (tertiary/aromatic N) is 1. The van der Waals surface area contributed by atoms with Gasteiger partial charge in [-0.25, -0.2) is 0 Å². The Balaban J connectivity index is 1.63. The molecule has 0 fully saturated rings. The fraction of sp³-hybridized carbons (Fsp3) is 0.167. The van der Waals surface area contributed by atoms with Crippen molar-refractivity contribution in [3.05, 3.63) is 144 Å². The number of fused-ring (bicyclic) bond motifs is 4. The van der Waals surface area contributed by atoms with Crippen molar-refractivity contribution in [3.63, 3.8) is 0 Å². The highest BCUT2D eigenvalue weighted by atomic mass is 32.4. The van der Waals surface area contributed by atoms with E-state index < -0.39 is 6.04 Å². The number of rotatable bonds is 2. The molecule has 0 bridgehead atoms. The van der Waals surface area contributed by atoms with Gasteiger partial charge in [-0.1, -0.05) is 143 Å². The molecule has 2 aliphatic rings.